The van der Waals surface area contributed by atoms with Gasteiger partial charge in [-0.05, 0) is 38.0 Å². The van der Waals surface area contributed by atoms with E-state index in [1.165, 1.54) is 11.3 Å². The molecule has 6 nitrogen and oxygen atoms in total. The van der Waals surface area contributed by atoms with Crippen molar-refractivity contribution in [2.24, 2.45) is 7.05 Å². The molecule has 30 heavy (non-hydrogen) atoms. The lowest BCUT2D eigenvalue weighted by atomic mass is 10.0. The Kier molecular flexibility index (Phi) is 5.71. The summed E-state index contributed by atoms with van der Waals surface area (Å²) in [5.74, 6) is 1.52. The highest BCUT2D eigenvalue weighted by atomic mass is 32.2. The predicted molar refractivity (Wildman–Crippen MR) is 125 cm³/mol. The number of fused-ring (bicyclic) bond motifs is 1. The average Bonchev–Trinajstić information content (AvgIpc) is 3.25. The zero-order valence-corrected chi connectivity index (χ0v) is 19.2. The number of aromatic nitrogens is 4. The van der Waals surface area contributed by atoms with Gasteiger partial charge < -0.3 is 10.3 Å². The molecule has 0 saturated heterocycles. The summed E-state index contributed by atoms with van der Waals surface area (Å²) in [4.78, 5) is 14.5. The smallest absolute Gasteiger partial charge is 0.127 e. The molecule has 0 aromatic carbocycles. The molecular formula is C22H25N5OS2. The highest BCUT2D eigenvalue weighted by molar-refractivity contribution is 7.87. The number of thiophene rings is 1. The van der Waals surface area contributed by atoms with Crippen LogP contribution < -0.4 is 5.73 Å². The molecule has 0 radical (unpaired) electrons. The summed E-state index contributed by atoms with van der Waals surface area (Å²) in [5.41, 5.74) is 11.9. The van der Waals surface area contributed by atoms with Gasteiger partial charge in [0.1, 0.15) is 14.9 Å². The van der Waals surface area contributed by atoms with E-state index in [2.05, 4.69) is 23.0 Å². The summed E-state index contributed by atoms with van der Waals surface area (Å²) in [6.45, 7) is 6.08. The number of pyridine rings is 2. The first-order chi connectivity index (χ1) is 14.4. The first-order valence-electron chi connectivity index (χ1n) is 9.92. The number of hydrogen-bond donors (Lipinski definition) is 1. The van der Waals surface area contributed by atoms with Gasteiger partial charge in [0, 0.05) is 41.7 Å². The van der Waals surface area contributed by atoms with Crippen molar-refractivity contribution in [2.45, 2.75) is 37.8 Å². The van der Waals surface area contributed by atoms with Crippen molar-refractivity contribution in [2.75, 3.05) is 11.5 Å². The van der Waals surface area contributed by atoms with E-state index in [1.54, 1.807) is 0 Å². The Labute approximate surface area is 182 Å². The summed E-state index contributed by atoms with van der Waals surface area (Å²) in [5, 5.41) is 0.854. The van der Waals surface area contributed by atoms with Crippen LogP contribution in [0.3, 0.4) is 0 Å². The SMILES string of the molecule is CCCC[S@@](=O)c1sc2nc(-c3cncc(C)c3)cc(-c3cnc(C)n3C)c2c1N. The van der Waals surface area contributed by atoms with E-state index in [-0.39, 0.29) is 0 Å². The normalized spacial score (nSPS) is 12.5. The molecule has 4 rings (SSSR count). The van der Waals surface area contributed by atoms with Crippen molar-refractivity contribution in [3.8, 4) is 22.5 Å². The van der Waals surface area contributed by atoms with Crippen molar-refractivity contribution in [1.82, 2.24) is 19.5 Å². The fourth-order valence-corrected chi connectivity index (χ4v) is 6.23. The predicted octanol–water partition coefficient (Wildman–Crippen LogP) is 4.87. The molecule has 0 bridgehead atoms. The molecule has 0 amide bonds. The Bertz CT molecular complexity index is 1260. The second kappa shape index (κ2) is 8.28. The monoisotopic (exact) mass is 439 g/mol. The molecule has 0 saturated carbocycles. The molecule has 0 fully saturated rings. The molecule has 0 spiro atoms. The fourth-order valence-electron chi connectivity index (χ4n) is 3.44. The lowest BCUT2D eigenvalue weighted by Gasteiger charge is -2.10. The van der Waals surface area contributed by atoms with Gasteiger partial charge in [-0.1, -0.05) is 13.3 Å². The van der Waals surface area contributed by atoms with Gasteiger partial charge in [-0.25, -0.2) is 9.97 Å². The lowest BCUT2D eigenvalue weighted by Crippen LogP contribution is -2.00. The molecule has 4 aromatic heterocycles. The van der Waals surface area contributed by atoms with Gasteiger partial charge in [-0.15, -0.1) is 11.3 Å². The number of anilines is 1. The van der Waals surface area contributed by atoms with Gasteiger partial charge in [-0.2, -0.15) is 0 Å². The van der Waals surface area contributed by atoms with Crippen molar-refractivity contribution in [3.63, 3.8) is 0 Å². The van der Waals surface area contributed by atoms with E-state index in [1.807, 2.05) is 50.1 Å². The number of nitrogens with two attached hydrogens (primary N) is 1. The van der Waals surface area contributed by atoms with Crippen molar-refractivity contribution in [1.29, 1.82) is 0 Å². The summed E-state index contributed by atoms with van der Waals surface area (Å²) in [7, 11) is 0.858. The van der Waals surface area contributed by atoms with Gasteiger partial charge in [-0.3, -0.25) is 9.19 Å². The Balaban J connectivity index is 1.99. The van der Waals surface area contributed by atoms with Gasteiger partial charge >= 0.3 is 0 Å². The number of nitrogens with zero attached hydrogens (tertiary/aromatic N) is 4. The molecule has 2 N–H and O–H groups in total. The third-order valence-corrected chi connectivity index (χ3v) is 8.22. The van der Waals surface area contributed by atoms with Crippen molar-refractivity contribution in [3.05, 3.63) is 42.1 Å². The van der Waals surface area contributed by atoms with Gasteiger partial charge in [0.2, 0.25) is 0 Å². The maximum Gasteiger partial charge on any atom is 0.127 e. The minimum Gasteiger partial charge on any atom is -0.396 e. The molecule has 4 aromatic rings. The van der Waals surface area contributed by atoms with Crippen LogP contribution in [0.15, 0.2) is 34.9 Å². The highest BCUT2D eigenvalue weighted by Gasteiger charge is 2.22. The Morgan fingerprint density at radius 2 is 2.00 bits per heavy atom. The molecule has 156 valence electrons. The van der Waals surface area contributed by atoms with E-state index >= 15 is 0 Å². The molecule has 0 unspecified atom stereocenters. The second-order valence-corrected chi connectivity index (χ2v) is 10.2. The topological polar surface area (TPSA) is 86.7 Å². The Hall–Kier alpha value is -2.58. The highest BCUT2D eigenvalue weighted by Crippen LogP contribution is 2.42. The lowest BCUT2D eigenvalue weighted by molar-refractivity contribution is 0.681. The molecule has 8 heteroatoms. The molecular weight excluding hydrogens is 414 g/mol. The summed E-state index contributed by atoms with van der Waals surface area (Å²) >= 11 is 1.43. The number of imidazole rings is 1. The first kappa shape index (κ1) is 20.7. The molecule has 0 aliphatic carbocycles. The van der Waals surface area contributed by atoms with Gasteiger partial charge in [0.25, 0.3) is 0 Å². The van der Waals surface area contributed by atoms with Crippen molar-refractivity contribution < 1.29 is 4.21 Å². The van der Waals surface area contributed by atoms with Crippen LogP contribution in [0.4, 0.5) is 5.69 Å². The number of aryl methyl sites for hydroxylation is 2. The molecule has 4 heterocycles. The first-order valence-corrected chi connectivity index (χ1v) is 12.1. The van der Waals surface area contributed by atoms with Crippen molar-refractivity contribution >= 4 is 38.0 Å². The Morgan fingerprint density at radius 3 is 2.67 bits per heavy atom. The fraction of sp³-hybridized carbons (Fsp3) is 0.318. The van der Waals surface area contributed by atoms with Crippen LogP contribution in [0.25, 0.3) is 32.7 Å². The number of rotatable bonds is 6. The van der Waals surface area contributed by atoms with Crippen LogP contribution in [0.2, 0.25) is 0 Å². The summed E-state index contributed by atoms with van der Waals surface area (Å²) < 4.78 is 15.7. The number of unbranched alkanes of at least 4 members (excludes halogenated alkanes) is 1. The summed E-state index contributed by atoms with van der Waals surface area (Å²) in [6, 6.07) is 4.10. The summed E-state index contributed by atoms with van der Waals surface area (Å²) in [6.07, 6.45) is 7.40. The van der Waals surface area contributed by atoms with E-state index in [0.29, 0.717) is 15.6 Å². The quantitative estimate of drug-likeness (QED) is 0.463. The second-order valence-electron chi connectivity index (χ2n) is 7.44. The zero-order valence-electron chi connectivity index (χ0n) is 17.6. The van der Waals surface area contributed by atoms with E-state index in [9.17, 15) is 4.21 Å². The molecule has 0 aliphatic heterocycles. The zero-order chi connectivity index (χ0) is 21.4. The van der Waals surface area contributed by atoms with Crippen LogP contribution in [-0.2, 0) is 17.8 Å². The van der Waals surface area contributed by atoms with Gasteiger partial charge in [0.05, 0.1) is 34.1 Å². The van der Waals surface area contributed by atoms with Crippen LogP contribution >= 0.6 is 11.3 Å². The molecule has 0 aliphatic rings. The van der Waals surface area contributed by atoms with E-state index < -0.39 is 10.8 Å². The number of nitrogen functional groups attached to an aromatic ring is 1. The minimum atomic E-state index is -1.13. The third-order valence-electron chi connectivity index (χ3n) is 5.22. The van der Waals surface area contributed by atoms with Gasteiger partial charge in [0.15, 0.2) is 0 Å². The van der Waals surface area contributed by atoms with Crippen LogP contribution in [-0.4, -0.2) is 29.5 Å². The number of hydrogen-bond acceptors (Lipinski definition) is 6. The molecule has 1 atom stereocenters. The Morgan fingerprint density at radius 1 is 1.20 bits per heavy atom. The average molecular weight is 440 g/mol. The standard InChI is InChI=1S/C22H25N5OS2/c1-5-6-7-30(28)22-20(23)19-16(18-12-25-14(3)27(18)4)9-17(26-21(19)29-22)15-8-13(2)10-24-11-15/h8-12H,5-7,23H2,1-4H3/t30-/m1/s1. The van der Waals surface area contributed by atoms with Crippen LogP contribution in [0.5, 0.6) is 0 Å². The third kappa shape index (κ3) is 3.65. The maximum atomic E-state index is 12.9. The van der Waals surface area contributed by atoms with E-state index in [4.69, 9.17) is 10.7 Å². The van der Waals surface area contributed by atoms with E-state index in [0.717, 1.165) is 57.0 Å². The maximum absolute atomic E-state index is 12.9. The van der Waals surface area contributed by atoms with Crippen LogP contribution in [0.1, 0.15) is 31.2 Å². The van der Waals surface area contributed by atoms with Crippen LogP contribution in [0, 0.1) is 13.8 Å². The largest absolute Gasteiger partial charge is 0.396 e. The minimum absolute atomic E-state index is 0.569.